The second kappa shape index (κ2) is 3.64. The summed E-state index contributed by atoms with van der Waals surface area (Å²) in [5.74, 6) is 0. The zero-order valence-corrected chi connectivity index (χ0v) is 10.4. The van der Waals surface area contributed by atoms with Crippen LogP contribution in [0.2, 0.25) is 0 Å². The van der Waals surface area contributed by atoms with Crippen LogP contribution in [0.1, 0.15) is 21.1 Å². The number of nitrogens with one attached hydrogen (secondary N) is 1. The van der Waals surface area contributed by atoms with Gasteiger partial charge >= 0.3 is 0 Å². The molecule has 0 spiro atoms. The van der Waals surface area contributed by atoms with Gasteiger partial charge in [-0.3, -0.25) is 0 Å². The van der Waals surface area contributed by atoms with Gasteiger partial charge in [0.2, 0.25) is 0 Å². The monoisotopic (exact) mass is 246 g/mol. The van der Waals surface area contributed by atoms with Crippen LogP contribution in [0.3, 0.4) is 0 Å². The van der Waals surface area contributed by atoms with Gasteiger partial charge in [-0.15, -0.1) is 11.3 Å². The van der Waals surface area contributed by atoms with E-state index in [1.165, 1.54) is 10.4 Å². The van der Waals surface area contributed by atoms with Crippen LogP contribution in [0.15, 0.2) is 24.3 Å². The molecule has 1 aromatic heterocycles. The molecule has 4 heteroatoms. The number of para-hydroxylation sites is 1. The van der Waals surface area contributed by atoms with E-state index in [4.69, 9.17) is 12.2 Å². The molecule has 0 fully saturated rings. The highest BCUT2D eigenvalue weighted by atomic mass is 32.1. The van der Waals surface area contributed by atoms with Crippen LogP contribution in [0.5, 0.6) is 0 Å². The third-order valence-electron chi connectivity index (χ3n) is 2.64. The molecule has 0 radical (unpaired) electrons. The lowest BCUT2D eigenvalue weighted by Gasteiger charge is -2.06. The smallest absolute Gasteiger partial charge is 0.130 e. The Balaban J connectivity index is 2.17. The fraction of sp³-hybridized carbons (Fsp3) is 0.167. The summed E-state index contributed by atoms with van der Waals surface area (Å²) in [6.07, 6.45) is 0.921. The molecular formula is C12H10N2S2. The second-order valence-electron chi connectivity index (χ2n) is 3.79. The maximum absolute atomic E-state index is 5.37. The van der Waals surface area contributed by atoms with Crippen molar-refractivity contribution < 1.29 is 0 Å². The zero-order chi connectivity index (χ0) is 11.1. The van der Waals surface area contributed by atoms with E-state index in [-0.39, 0.29) is 0 Å². The number of thiocarbonyl (C=S) groups is 1. The van der Waals surface area contributed by atoms with Crippen molar-refractivity contribution in [2.75, 3.05) is 5.32 Å². The number of nitrogens with zero attached hydrogens (tertiary/aromatic N) is 1. The fourth-order valence-corrected chi connectivity index (χ4v) is 3.23. The lowest BCUT2D eigenvalue weighted by molar-refractivity contribution is 1.21. The first-order valence-corrected chi connectivity index (χ1v) is 6.32. The largest absolute Gasteiger partial charge is 0.345 e. The normalized spacial score (nSPS) is 13.7. The van der Waals surface area contributed by atoms with Gasteiger partial charge in [0.1, 0.15) is 10.7 Å². The Morgan fingerprint density at radius 3 is 3.06 bits per heavy atom. The van der Waals surface area contributed by atoms with Crippen molar-refractivity contribution in [3.8, 4) is 0 Å². The highest BCUT2D eigenvalue weighted by molar-refractivity contribution is 7.81. The molecule has 1 aromatic carbocycles. The number of hydrogen-bond acceptors (Lipinski definition) is 3. The minimum absolute atomic E-state index is 0.740. The summed E-state index contributed by atoms with van der Waals surface area (Å²) < 4.78 is 0. The summed E-state index contributed by atoms with van der Waals surface area (Å²) in [5.41, 5.74) is 3.34. The van der Waals surface area contributed by atoms with Crippen LogP contribution < -0.4 is 5.32 Å². The Kier molecular flexibility index (Phi) is 2.26. The number of anilines is 1. The lowest BCUT2D eigenvalue weighted by atomic mass is 10.1. The van der Waals surface area contributed by atoms with E-state index in [9.17, 15) is 0 Å². The molecule has 1 N–H and O–H groups in total. The first-order valence-electron chi connectivity index (χ1n) is 5.09. The zero-order valence-electron chi connectivity index (χ0n) is 8.78. The van der Waals surface area contributed by atoms with Gasteiger partial charge in [-0.05, 0) is 18.6 Å². The molecular weight excluding hydrogens is 236 g/mol. The highest BCUT2D eigenvalue weighted by Crippen LogP contribution is 2.29. The summed E-state index contributed by atoms with van der Waals surface area (Å²) >= 11 is 7.10. The number of fused-ring (bicyclic) bond motifs is 2. The summed E-state index contributed by atoms with van der Waals surface area (Å²) in [6.45, 7) is 2.02. The molecule has 0 saturated heterocycles. The standard InChI is InChI=1S/C12H10N2S2/c1-7-13-11-10(16-7)6-8-4-2-3-5-9(8)14-12(11)15/h2-5H,6H2,1H3,(H,14,15). The topological polar surface area (TPSA) is 24.9 Å². The van der Waals surface area contributed by atoms with Crippen LogP contribution in [0.25, 0.3) is 0 Å². The van der Waals surface area contributed by atoms with Crippen LogP contribution in [-0.2, 0) is 6.42 Å². The number of hydrogen-bond donors (Lipinski definition) is 1. The predicted octanol–water partition coefficient (Wildman–Crippen LogP) is 3.14. The van der Waals surface area contributed by atoms with Gasteiger partial charge in [0.05, 0.1) is 5.01 Å². The van der Waals surface area contributed by atoms with Crippen LogP contribution in [0, 0.1) is 6.92 Å². The first kappa shape index (κ1) is 9.93. The molecule has 0 amide bonds. The van der Waals surface area contributed by atoms with Gasteiger partial charge in [-0.2, -0.15) is 0 Å². The van der Waals surface area contributed by atoms with E-state index in [0.717, 1.165) is 27.8 Å². The molecule has 80 valence electrons. The summed E-state index contributed by atoms with van der Waals surface area (Å²) in [6, 6.07) is 8.27. The van der Waals surface area contributed by atoms with Gasteiger partial charge in [0.15, 0.2) is 0 Å². The van der Waals surface area contributed by atoms with E-state index in [2.05, 4.69) is 28.5 Å². The van der Waals surface area contributed by atoms with E-state index >= 15 is 0 Å². The van der Waals surface area contributed by atoms with Crippen molar-refractivity contribution >= 4 is 34.2 Å². The molecule has 2 nitrogen and oxygen atoms in total. The Morgan fingerprint density at radius 2 is 2.19 bits per heavy atom. The van der Waals surface area contributed by atoms with Crippen molar-refractivity contribution in [2.45, 2.75) is 13.3 Å². The summed E-state index contributed by atoms with van der Waals surface area (Å²) in [7, 11) is 0. The number of thiazole rings is 1. The average molecular weight is 246 g/mol. The molecule has 0 bridgehead atoms. The summed E-state index contributed by atoms with van der Waals surface area (Å²) in [5, 5.41) is 4.34. The second-order valence-corrected chi connectivity index (χ2v) is 5.49. The molecule has 1 aliphatic rings. The Morgan fingerprint density at radius 1 is 1.38 bits per heavy atom. The Hall–Kier alpha value is -1.26. The van der Waals surface area contributed by atoms with E-state index < -0.39 is 0 Å². The Labute approximate surface area is 103 Å². The van der Waals surface area contributed by atoms with E-state index in [1.807, 2.05) is 13.0 Å². The molecule has 0 atom stereocenters. The van der Waals surface area contributed by atoms with Gasteiger partial charge in [0, 0.05) is 17.0 Å². The van der Waals surface area contributed by atoms with Crippen molar-refractivity contribution in [3.05, 3.63) is 45.4 Å². The van der Waals surface area contributed by atoms with Crippen molar-refractivity contribution in [1.29, 1.82) is 0 Å². The maximum atomic E-state index is 5.37. The molecule has 2 aromatic rings. The van der Waals surface area contributed by atoms with Crippen molar-refractivity contribution in [2.24, 2.45) is 0 Å². The minimum Gasteiger partial charge on any atom is -0.345 e. The molecule has 0 saturated carbocycles. The predicted molar refractivity (Wildman–Crippen MR) is 71.4 cm³/mol. The minimum atomic E-state index is 0.740. The molecule has 0 unspecified atom stereocenters. The number of aryl methyl sites for hydroxylation is 1. The van der Waals surface area contributed by atoms with Crippen molar-refractivity contribution in [1.82, 2.24) is 4.98 Å². The molecule has 0 aliphatic carbocycles. The highest BCUT2D eigenvalue weighted by Gasteiger charge is 2.19. The fourth-order valence-electron chi connectivity index (χ4n) is 1.92. The SMILES string of the molecule is Cc1nc2c(s1)Cc1ccccc1NC2=S. The van der Waals surface area contributed by atoms with Gasteiger partial charge < -0.3 is 5.32 Å². The van der Waals surface area contributed by atoms with E-state index in [0.29, 0.717) is 0 Å². The van der Waals surface area contributed by atoms with Crippen LogP contribution >= 0.6 is 23.6 Å². The number of benzene rings is 1. The molecule has 3 rings (SSSR count). The lowest BCUT2D eigenvalue weighted by Crippen LogP contribution is -2.10. The third kappa shape index (κ3) is 1.54. The van der Waals surface area contributed by atoms with E-state index in [1.54, 1.807) is 11.3 Å². The first-order chi connectivity index (χ1) is 7.74. The molecule has 16 heavy (non-hydrogen) atoms. The average Bonchev–Trinajstić information content (AvgIpc) is 2.57. The third-order valence-corrected chi connectivity index (χ3v) is 3.90. The van der Waals surface area contributed by atoms with Crippen LogP contribution in [0.4, 0.5) is 5.69 Å². The van der Waals surface area contributed by atoms with Gasteiger partial charge in [-0.25, -0.2) is 4.98 Å². The van der Waals surface area contributed by atoms with Crippen LogP contribution in [-0.4, -0.2) is 9.97 Å². The van der Waals surface area contributed by atoms with Gasteiger partial charge in [-0.1, -0.05) is 30.4 Å². The summed E-state index contributed by atoms with van der Waals surface area (Å²) in [4.78, 5) is 6.49. The Bertz CT molecular complexity index is 572. The quantitative estimate of drug-likeness (QED) is 0.723. The number of rotatable bonds is 0. The maximum Gasteiger partial charge on any atom is 0.130 e. The van der Waals surface area contributed by atoms with Gasteiger partial charge in [0.25, 0.3) is 0 Å². The molecule has 2 heterocycles. The molecule has 1 aliphatic heterocycles. The van der Waals surface area contributed by atoms with Crippen molar-refractivity contribution in [3.63, 3.8) is 0 Å². The number of aromatic nitrogens is 1.